The van der Waals surface area contributed by atoms with Gasteiger partial charge >= 0.3 is 0 Å². The molecule has 3 rings (SSSR count). The average Bonchev–Trinajstić information content (AvgIpc) is 2.57. The molecular formula is C17H9BrCl2N2O3S. The topological polar surface area (TPSA) is 69.6 Å². The number of carbonyl (C=O) groups is 2. The van der Waals surface area contributed by atoms with E-state index in [-0.39, 0.29) is 22.0 Å². The summed E-state index contributed by atoms with van der Waals surface area (Å²) in [6.45, 7) is 0. The summed E-state index contributed by atoms with van der Waals surface area (Å²) in [5.74, 6) is -1.44. The Labute approximate surface area is 172 Å². The number of hydrogen-bond acceptors (Lipinski definition) is 4. The van der Waals surface area contributed by atoms with Crippen molar-refractivity contribution in [2.45, 2.75) is 0 Å². The Balaban J connectivity index is 2.07. The molecule has 26 heavy (non-hydrogen) atoms. The van der Waals surface area contributed by atoms with Gasteiger partial charge in [0.1, 0.15) is 11.3 Å². The first-order valence-corrected chi connectivity index (χ1v) is 9.08. The predicted molar refractivity (Wildman–Crippen MR) is 108 cm³/mol. The van der Waals surface area contributed by atoms with Crippen LogP contribution in [-0.4, -0.2) is 22.0 Å². The SMILES string of the molecule is O=C1NC(=S)N(c2ccc(Cl)cc2)C(=O)C1=Cc1cc(Cl)cc(Br)c1O. The van der Waals surface area contributed by atoms with E-state index in [1.165, 1.54) is 23.1 Å². The van der Waals surface area contributed by atoms with Crippen LogP contribution in [0, 0.1) is 0 Å². The number of amides is 2. The van der Waals surface area contributed by atoms with E-state index in [0.717, 1.165) is 0 Å². The molecule has 5 nitrogen and oxygen atoms in total. The zero-order valence-corrected chi connectivity index (χ0v) is 16.7. The number of thiocarbonyl (C=S) groups is 1. The fourth-order valence-electron chi connectivity index (χ4n) is 2.33. The molecule has 0 unspecified atom stereocenters. The largest absolute Gasteiger partial charge is 0.506 e. The van der Waals surface area contributed by atoms with Crippen LogP contribution in [0.5, 0.6) is 5.75 Å². The van der Waals surface area contributed by atoms with Gasteiger partial charge in [-0.25, -0.2) is 0 Å². The number of nitrogens with zero attached hydrogens (tertiary/aromatic N) is 1. The van der Waals surface area contributed by atoms with Crippen molar-refractivity contribution < 1.29 is 14.7 Å². The molecule has 0 aliphatic carbocycles. The highest BCUT2D eigenvalue weighted by atomic mass is 79.9. The van der Waals surface area contributed by atoms with Gasteiger partial charge in [-0.3, -0.25) is 19.8 Å². The smallest absolute Gasteiger partial charge is 0.270 e. The number of rotatable bonds is 2. The van der Waals surface area contributed by atoms with E-state index in [1.807, 2.05) is 0 Å². The number of aromatic hydroxyl groups is 1. The third-order valence-corrected chi connectivity index (χ3v) is 4.90. The van der Waals surface area contributed by atoms with E-state index in [4.69, 9.17) is 35.4 Å². The van der Waals surface area contributed by atoms with Gasteiger partial charge in [0.15, 0.2) is 5.11 Å². The Kier molecular flexibility index (Phi) is 5.34. The molecule has 2 amide bonds. The van der Waals surface area contributed by atoms with Gasteiger partial charge in [0, 0.05) is 15.6 Å². The zero-order valence-electron chi connectivity index (χ0n) is 12.8. The molecule has 1 fully saturated rings. The van der Waals surface area contributed by atoms with Gasteiger partial charge in [-0.15, -0.1) is 0 Å². The van der Waals surface area contributed by atoms with Crippen LogP contribution < -0.4 is 10.2 Å². The Morgan fingerprint density at radius 3 is 2.42 bits per heavy atom. The van der Waals surface area contributed by atoms with Gasteiger partial charge in [0.2, 0.25) is 0 Å². The third-order valence-electron chi connectivity index (χ3n) is 3.54. The van der Waals surface area contributed by atoms with Gasteiger partial charge in [-0.2, -0.15) is 0 Å². The molecule has 0 spiro atoms. The van der Waals surface area contributed by atoms with E-state index in [0.29, 0.717) is 20.2 Å². The van der Waals surface area contributed by atoms with E-state index in [1.54, 1.807) is 24.3 Å². The number of phenolic OH excluding ortho intramolecular Hbond substituents is 1. The van der Waals surface area contributed by atoms with Crippen molar-refractivity contribution in [1.29, 1.82) is 0 Å². The number of nitrogens with one attached hydrogen (secondary N) is 1. The van der Waals surface area contributed by atoms with Crippen LogP contribution in [-0.2, 0) is 9.59 Å². The fourth-order valence-corrected chi connectivity index (χ4v) is 3.57. The fraction of sp³-hybridized carbons (Fsp3) is 0. The van der Waals surface area contributed by atoms with Crippen molar-refractivity contribution in [1.82, 2.24) is 5.32 Å². The van der Waals surface area contributed by atoms with E-state index < -0.39 is 11.8 Å². The van der Waals surface area contributed by atoms with Crippen LogP contribution in [0.25, 0.3) is 6.08 Å². The van der Waals surface area contributed by atoms with Crippen LogP contribution >= 0.6 is 51.3 Å². The van der Waals surface area contributed by atoms with E-state index in [9.17, 15) is 14.7 Å². The second kappa shape index (κ2) is 7.36. The lowest BCUT2D eigenvalue weighted by Gasteiger charge is -2.29. The van der Waals surface area contributed by atoms with Crippen LogP contribution in [0.4, 0.5) is 5.69 Å². The maximum Gasteiger partial charge on any atom is 0.270 e. The molecule has 0 aromatic heterocycles. The first-order valence-electron chi connectivity index (χ1n) is 7.13. The molecule has 132 valence electrons. The summed E-state index contributed by atoms with van der Waals surface area (Å²) in [6, 6.07) is 9.36. The first kappa shape index (κ1) is 18.8. The molecule has 2 aromatic rings. The van der Waals surface area contributed by atoms with E-state index in [2.05, 4.69) is 21.2 Å². The summed E-state index contributed by atoms with van der Waals surface area (Å²) in [6.07, 6.45) is 1.26. The number of carbonyl (C=O) groups excluding carboxylic acids is 2. The number of phenols is 1. The van der Waals surface area contributed by atoms with Crippen LogP contribution in [0.3, 0.4) is 0 Å². The normalized spacial score (nSPS) is 16.2. The second-order valence-corrected chi connectivity index (χ2v) is 7.37. The molecule has 1 aliphatic rings. The van der Waals surface area contributed by atoms with Crippen LogP contribution in [0.1, 0.15) is 5.56 Å². The Hall–Kier alpha value is -1.93. The van der Waals surface area contributed by atoms with Gasteiger partial charge in [0.25, 0.3) is 11.8 Å². The molecule has 0 atom stereocenters. The Morgan fingerprint density at radius 1 is 1.12 bits per heavy atom. The number of hydrogen-bond donors (Lipinski definition) is 2. The minimum absolute atomic E-state index is 0.0454. The minimum atomic E-state index is -0.666. The standard InChI is InChI=1S/C17H9BrCl2N2O3S/c18-13-7-10(20)5-8(14(13)23)6-12-15(24)21-17(26)22(16(12)25)11-3-1-9(19)2-4-11/h1-7,23H,(H,21,24,26). The monoisotopic (exact) mass is 470 g/mol. The lowest BCUT2D eigenvalue weighted by molar-refractivity contribution is -0.122. The number of halogens is 3. The van der Waals surface area contributed by atoms with Crippen molar-refractivity contribution >= 4 is 80.0 Å². The molecule has 2 N–H and O–H groups in total. The highest BCUT2D eigenvalue weighted by Gasteiger charge is 2.34. The molecule has 0 radical (unpaired) electrons. The molecule has 0 saturated carbocycles. The molecule has 0 bridgehead atoms. The maximum atomic E-state index is 12.9. The lowest BCUT2D eigenvalue weighted by Crippen LogP contribution is -2.54. The van der Waals surface area contributed by atoms with Crippen molar-refractivity contribution in [3.63, 3.8) is 0 Å². The number of benzene rings is 2. The summed E-state index contributed by atoms with van der Waals surface area (Å²) in [5, 5.41) is 13.4. The van der Waals surface area contributed by atoms with Gasteiger partial charge in [-0.05, 0) is 70.6 Å². The number of anilines is 1. The Morgan fingerprint density at radius 2 is 1.77 bits per heavy atom. The average molecular weight is 472 g/mol. The summed E-state index contributed by atoms with van der Waals surface area (Å²) in [5.41, 5.74) is 0.469. The van der Waals surface area contributed by atoms with Crippen molar-refractivity contribution in [3.8, 4) is 5.75 Å². The van der Waals surface area contributed by atoms with Gasteiger partial charge in [0.05, 0.1) is 10.2 Å². The third kappa shape index (κ3) is 3.61. The molecular weight excluding hydrogens is 463 g/mol. The summed E-state index contributed by atoms with van der Waals surface area (Å²) >= 11 is 20.1. The summed E-state index contributed by atoms with van der Waals surface area (Å²) in [7, 11) is 0. The van der Waals surface area contributed by atoms with Gasteiger partial charge < -0.3 is 5.11 Å². The second-order valence-electron chi connectivity index (χ2n) is 5.26. The summed E-state index contributed by atoms with van der Waals surface area (Å²) in [4.78, 5) is 26.3. The van der Waals surface area contributed by atoms with Crippen molar-refractivity contribution in [2.24, 2.45) is 0 Å². The zero-order chi connectivity index (χ0) is 19.0. The first-order chi connectivity index (χ1) is 12.3. The summed E-state index contributed by atoms with van der Waals surface area (Å²) < 4.78 is 0.339. The van der Waals surface area contributed by atoms with Crippen LogP contribution in [0.2, 0.25) is 10.0 Å². The quantitative estimate of drug-likeness (QED) is 0.389. The van der Waals surface area contributed by atoms with Gasteiger partial charge in [-0.1, -0.05) is 23.2 Å². The molecule has 1 heterocycles. The lowest BCUT2D eigenvalue weighted by atomic mass is 10.1. The molecule has 1 aliphatic heterocycles. The van der Waals surface area contributed by atoms with Crippen molar-refractivity contribution in [2.75, 3.05) is 4.90 Å². The maximum absolute atomic E-state index is 12.9. The van der Waals surface area contributed by atoms with E-state index >= 15 is 0 Å². The molecule has 2 aromatic carbocycles. The minimum Gasteiger partial charge on any atom is -0.506 e. The highest BCUT2D eigenvalue weighted by Crippen LogP contribution is 2.33. The van der Waals surface area contributed by atoms with Crippen molar-refractivity contribution in [3.05, 3.63) is 62.1 Å². The predicted octanol–water partition coefficient (Wildman–Crippen LogP) is 4.29. The molecule has 1 saturated heterocycles. The highest BCUT2D eigenvalue weighted by molar-refractivity contribution is 9.10. The Bertz CT molecular complexity index is 977. The molecule has 9 heteroatoms. The van der Waals surface area contributed by atoms with Crippen LogP contribution in [0.15, 0.2) is 46.4 Å².